The summed E-state index contributed by atoms with van der Waals surface area (Å²) in [5.74, 6) is -1.02. The third kappa shape index (κ3) is 9.53. The lowest BCUT2D eigenvalue weighted by Gasteiger charge is -2.26. The molecule has 0 radical (unpaired) electrons. The zero-order chi connectivity index (χ0) is 25.6. The van der Waals surface area contributed by atoms with Crippen molar-refractivity contribution in [3.8, 4) is 11.5 Å². The fraction of sp³-hybridized carbons (Fsp3) is 0.545. The van der Waals surface area contributed by atoms with Crippen LogP contribution in [-0.4, -0.2) is 63.5 Å². The smallest absolute Gasteiger partial charge is 0.468 e. The number of benzene rings is 1. The number of hydrogen-bond donors (Lipinski definition) is 1. The summed E-state index contributed by atoms with van der Waals surface area (Å²) in [6, 6.07) is 4.21. The molecule has 0 unspecified atom stereocenters. The average molecular weight is 485 g/mol. The van der Waals surface area contributed by atoms with Crippen molar-refractivity contribution in [1.82, 2.24) is 0 Å². The van der Waals surface area contributed by atoms with Crippen LogP contribution in [0.15, 0.2) is 18.2 Å². The molecule has 1 aromatic carbocycles. The van der Waals surface area contributed by atoms with E-state index in [1.807, 2.05) is 6.92 Å². The predicted molar refractivity (Wildman–Crippen MR) is 117 cm³/mol. The third-order valence-electron chi connectivity index (χ3n) is 4.22. The molecule has 0 spiro atoms. The molecule has 0 saturated carbocycles. The first-order valence-corrected chi connectivity index (χ1v) is 10.7. The summed E-state index contributed by atoms with van der Waals surface area (Å²) < 4.78 is 34.3. The Hall–Kier alpha value is -3.54. The molecule has 0 aliphatic heterocycles. The SMILES string of the molecule is CCCOC(=O)OCC[C@@](N)(Cc1ccc(OC(=O)OCC)c(OC(=O)OCC)c1)C(=O)OC. The van der Waals surface area contributed by atoms with Crippen molar-refractivity contribution >= 4 is 24.4 Å². The molecule has 1 rings (SSSR count). The van der Waals surface area contributed by atoms with Crippen LogP contribution in [0.4, 0.5) is 14.4 Å². The highest BCUT2D eigenvalue weighted by Crippen LogP contribution is 2.31. The maximum Gasteiger partial charge on any atom is 0.513 e. The van der Waals surface area contributed by atoms with E-state index in [9.17, 15) is 19.2 Å². The molecule has 0 fully saturated rings. The van der Waals surface area contributed by atoms with Crippen LogP contribution in [0, 0.1) is 0 Å². The summed E-state index contributed by atoms with van der Waals surface area (Å²) in [7, 11) is 1.17. The van der Waals surface area contributed by atoms with Gasteiger partial charge in [-0.1, -0.05) is 13.0 Å². The quantitative estimate of drug-likeness (QED) is 0.262. The Labute approximate surface area is 197 Å². The van der Waals surface area contributed by atoms with Crippen molar-refractivity contribution in [2.45, 2.75) is 45.6 Å². The van der Waals surface area contributed by atoms with Crippen LogP contribution < -0.4 is 15.2 Å². The van der Waals surface area contributed by atoms with Gasteiger partial charge in [0.2, 0.25) is 0 Å². The first-order valence-electron chi connectivity index (χ1n) is 10.7. The maximum absolute atomic E-state index is 12.4. The zero-order valence-corrected chi connectivity index (χ0v) is 19.7. The largest absolute Gasteiger partial charge is 0.513 e. The fourth-order valence-electron chi connectivity index (χ4n) is 2.67. The minimum atomic E-state index is -1.59. The van der Waals surface area contributed by atoms with Gasteiger partial charge in [0, 0.05) is 12.8 Å². The van der Waals surface area contributed by atoms with Crippen LogP contribution in [0.5, 0.6) is 11.5 Å². The Bertz CT molecular complexity index is 842. The van der Waals surface area contributed by atoms with Gasteiger partial charge in [0.05, 0.1) is 33.5 Å². The number of methoxy groups -OCH3 is 1. The predicted octanol–water partition coefficient (Wildman–Crippen LogP) is 3.12. The van der Waals surface area contributed by atoms with Crippen molar-refractivity contribution in [3.05, 3.63) is 23.8 Å². The molecule has 1 atom stereocenters. The van der Waals surface area contributed by atoms with E-state index in [4.69, 9.17) is 38.9 Å². The van der Waals surface area contributed by atoms with Gasteiger partial charge in [0.1, 0.15) is 5.54 Å². The minimum Gasteiger partial charge on any atom is -0.468 e. The van der Waals surface area contributed by atoms with Gasteiger partial charge in [-0.25, -0.2) is 14.4 Å². The van der Waals surface area contributed by atoms with E-state index in [0.717, 1.165) is 0 Å². The van der Waals surface area contributed by atoms with Crippen molar-refractivity contribution < 1.29 is 52.3 Å². The Balaban J connectivity index is 3.08. The molecule has 0 aliphatic carbocycles. The van der Waals surface area contributed by atoms with E-state index in [0.29, 0.717) is 12.0 Å². The molecule has 190 valence electrons. The molecule has 0 aromatic heterocycles. The number of esters is 1. The summed E-state index contributed by atoms with van der Waals surface area (Å²) >= 11 is 0. The molecule has 0 aliphatic rings. The molecule has 1 aromatic rings. The normalized spacial score (nSPS) is 12.0. The Morgan fingerprint density at radius 3 is 1.97 bits per heavy atom. The summed E-state index contributed by atoms with van der Waals surface area (Å²) in [4.78, 5) is 47.5. The van der Waals surface area contributed by atoms with E-state index >= 15 is 0 Å². The Kier molecular flexibility index (Phi) is 12.2. The van der Waals surface area contributed by atoms with Crippen molar-refractivity contribution in [2.24, 2.45) is 5.73 Å². The molecule has 0 bridgehead atoms. The number of hydrogen-bond acceptors (Lipinski definition) is 12. The third-order valence-corrected chi connectivity index (χ3v) is 4.22. The van der Waals surface area contributed by atoms with Crippen LogP contribution in [0.25, 0.3) is 0 Å². The van der Waals surface area contributed by atoms with Gasteiger partial charge >= 0.3 is 24.4 Å². The van der Waals surface area contributed by atoms with Crippen LogP contribution in [0.3, 0.4) is 0 Å². The molecular formula is C22H31NO11. The first kappa shape index (κ1) is 28.5. The topological polar surface area (TPSA) is 159 Å². The molecular weight excluding hydrogens is 454 g/mol. The summed E-state index contributed by atoms with van der Waals surface area (Å²) in [6.45, 7) is 5.15. The van der Waals surface area contributed by atoms with Gasteiger partial charge in [0.15, 0.2) is 11.5 Å². The van der Waals surface area contributed by atoms with E-state index in [1.165, 1.54) is 25.3 Å². The van der Waals surface area contributed by atoms with Crippen LogP contribution >= 0.6 is 0 Å². The summed E-state index contributed by atoms with van der Waals surface area (Å²) in [5.41, 5.74) is 5.12. The van der Waals surface area contributed by atoms with E-state index in [-0.39, 0.29) is 50.8 Å². The van der Waals surface area contributed by atoms with Crippen molar-refractivity contribution in [1.29, 1.82) is 0 Å². The molecule has 12 heteroatoms. The number of ether oxygens (including phenoxy) is 7. The van der Waals surface area contributed by atoms with Crippen LogP contribution in [0.1, 0.15) is 39.2 Å². The molecule has 34 heavy (non-hydrogen) atoms. The lowest BCUT2D eigenvalue weighted by atomic mass is 9.88. The van der Waals surface area contributed by atoms with Crippen molar-refractivity contribution in [3.63, 3.8) is 0 Å². The van der Waals surface area contributed by atoms with Gasteiger partial charge in [-0.3, -0.25) is 4.79 Å². The standard InChI is InChI=1S/C22H31NO11/c1-5-11-31-19(25)32-12-10-22(23,18(24)28-4)14-15-8-9-16(33-20(26)29-6-2)17(13-15)34-21(27)30-7-3/h8-9,13H,5-7,10-12,14,23H2,1-4H3/t22-/m1/s1. The van der Waals surface area contributed by atoms with Gasteiger partial charge in [-0.05, 0) is 38.0 Å². The summed E-state index contributed by atoms with van der Waals surface area (Å²) in [5, 5.41) is 0. The number of carbonyl (C=O) groups is 4. The lowest BCUT2D eigenvalue weighted by Crippen LogP contribution is -2.51. The fourth-order valence-corrected chi connectivity index (χ4v) is 2.67. The van der Waals surface area contributed by atoms with Gasteiger partial charge < -0.3 is 38.9 Å². The maximum atomic E-state index is 12.4. The molecule has 0 heterocycles. The van der Waals surface area contributed by atoms with Crippen LogP contribution in [0.2, 0.25) is 0 Å². The number of nitrogens with two attached hydrogens (primary N) is 1. The minimum absolute atomic E-state index is 0.0571. The Morgan fingerprint density at radius 2 is 1.41 bits per heavy atom. The highest BCUT2D eigenvalue weighted by atomic mass is 16.7. The Morgan fingerprint density at radius 1 is 0.824 bits per heavy atom. The van der Waals surface area contributed by atoms with Gasteiger partial charge in [-0.2, -0.15) is 0 Å². The number of rotatable bonds is 12. The van der Waals surface area contributed by atoms with Gasteiger partial charge in [-0.15, -0.1) is 0 Å². The molecule has 2 N–H and O–H groups in total. The van der Waals surface area contributed by atoms with E-state index in [1.54, 1.807) is 13.8 Å². The zero-order valence-electron chi connectivity index (χ0n) is 19.7. The monoisotopic (exact) mass is 485 g/mol. The van der Waals surface area contributed by atoms with Crippen LogP contribution in [-0.2, 0) is 34.9 Å². The lowest BCUT2D eigenvalue weighted by molar-refractivity contribution is -0.147. The van der Waals surface area contributed by atoms with E-state index < -0.39 is 30.0 Å². The summed E-state index contributed by atoms with van der Waals surface area (Å²) in [6.07, 6.45) is -2.45. The highest BCUT2D eigenvalue weighted by Gasteiger charge is 2.36. The molecule has 0 saturated heterocycles. The van der Waals surface area contributed by atoms with Gasteiger partial charge in [0.25, 0.3) is 0 Å². The second-order valence-corrected chi connectivity index (χ2v) is 6.87. The molecule has 0 amide bonds. The second-order valence-electron chi connectivity index (χ2n) is 6.87. The first-order chi connectivity index (χ1) is 16.2. The highest BCUT2D eigenvalue weighted by molar-refractivity contribution is 5.81. The molecule has 12 nitrogen and oxygen atoms in total. The number of carbonyl (C=O) groups excluding carboxylic acids is 4. The van der Waals surface area contributed by atoms with Crippen molar-refractivity contribution in [2.75, 3.05) is 33.5 Å². The second kappa shape index (κ2) is 14.6. The average Bonchev–Trinajstić information content (AvgIpc) is 2.79. The van der Waals surface area contributed by atoms with E-state index in [2.05, 4.69) is 0 Å².